The van der Waals surface area contributed by atoms with Crippen molar-refractivity contribution in [3.05, 3.63) is 65.5 Å². The van der Waals surface area contributed by atoms with E-state index in [4.69, 9.17) is 4.74 Å². The van der Waals surface area contributed by atoms with Crippen LogP contribution in [0.4, 0.5) is 23.7 Å². The molecule has 0 bridgehead atoms. The molecule has 0 saturated carbocycles. The van der Waals surface area contributed by atoms with Crippen molar-refractivity contribution in [1.29, 1.82) is 0 Å². The Bertz CT molecular complexity index is 1220. The lowest BCUT2D eigenvalue weighted by atomic mass is 10.1. The first-order valence-corrected chi connectivity index (χ1v) is 12.1. The summed E-state index contributed by atoms with van der Waals surface area (Å²) in [5, 5.41) is 7.10. The third-order valence-electron chi connectivity index (χ3n) is 5.86. The van der Waals surface area contributed by atoms with Crippen LogP contribution >= 0.6 is 9.24 Å². The van der Waals surface area contributed by atoms with Gasteiger partial charge in [0.15, 0.2) is 0 Å². The Kier molecular flexibility index (Phi) is 7.68. The van der Waals surface area contributed by atoms with Gasteiger partial charge in [0.2, 0.25) is 0 Å². The van der Waals surface area contributed by atoms with Crippen molar-refractivity contribution in [1.82, 2.24) is 25.0 Å². The van der Waals surface area contributed by atoms with Gasteiger partial charge in [-0.25, -0.2) is 18.9 Å². The second kappa shape index (κ2) is 10.7. The van der Waals surface area contributed by atoms with Crippen LogP contribution in [0.5, 0.6) is 5.75 Å². The van der Waals surface area contributed by atoms with Gasteiger partial charge in [-0.2, -0.15) is 13.9 Å². The normalized spacial score (nSPS) is 14.2. The maximum absolute atomic E-state index is 14.0. The third-order valence-corrected chi connectivity index (χ3v) is 6.18. The van der Waals surface area contributed by atoms with Gasteiger partial charge in [-0.1, -0.05) is 15.3 Å². The molecule has 4 rings (SSSR count). The summed E-state index contributed by atoms with van der Waals surface area (Å²) in [6.07, 6.45) is 1.64. The Labute approximate surface area is 209 Å². The molecule has 3 aromatic rings. The Morgan fingerprint density at radius 3 is 2.53 bits per heavy atom. The molecule has 1 unspecified atom stereocenters. The summed E-state index contributed by atoms with van der Waals surface area (Å²) in [6.45, 7) is 6.51. The number of hydrogen-bond acceptors (Lipinski definition) is 5. The first-order chi connectivity index (χ1) is 17.2. The molecule has 36 heavy (non-hydrogen) atoms. The van der Waals surface area contributed by atoms with Crippen LogP contribution in [0.2, 0.25) is 0 Å². The van der Waals surface area contributed by atoms with Crippen LogP contribution < -0.4 is 15.0 Å². The van der Waals surface area contributed by atoms with E-state index in [-0.39, 0.29) is 12.6 Å². The summed E-state index contributed by atoms with van der Waals surface area (Å²) in [4.78, 5) is 20.6. The number of hydrogen-bond donors (Lipinski definition) is 1. The van der Waals surface area contributed by atoms with E-state index in [1.54, 1.807) is 15.9 Å². The lowest BCUT2D eigenvalue weighted by molar-refractivity contribution is 0.0992. The Balaban J connectivity index is 1.34. The van der Waals surface area contributed by atoms with E-state index in [1.807, 2.05) is 32.0 Å². The minimum atomic E-state index is -3.34. The van der Waals surface area contributed by atoms with Gasteiger partial charge >= 0.3 is 6.03 Å². The number of aromatic nitrogens is 3. The van der Waals surface area contributed by atoms with Crippen molar-refractivity contribution in [2.45, 2.75) is 26.1 Å². The largest absolute Gasteiger partial charge is 0.492 e. The summed E-state index contributed by atoms with van der Waals surface area (Å²) >= 11 is 0. The molecule has 0 aliphatic carbocycles. The van der Waals surface area contributed by atoms with Gasteiger partial charge in [0.05, 0.1) is 12.2 Å². The molecule has 2 heterocycles. The number of nitrogens with one attached hydrogen (secondary N) is 1. The first kappa shape index (κ1) is 25.8. The molecule has 0 spiro atoms. The number of benzene rings is 2. The molecule has 1 atom stereocenters. The van der Waals surface area contributed by atoms with Crippen molar-refractivity contribution in [2.24, 2.45) is 0 Å². The Morgan fingerprint density at radius 1 is 1.17 bits per heavy atom. The predicted molar refractivity (Wildman–Crippen MR) is 133 cm³/mol. The van der Waals surface area contributed by atoms with Crippen LogP contribution in [-0.4, -0.2) is 58.5 Å². The topological polar surface area (TPSA) is 75.5 Å². The summed E-state index contributed by atoms with van der Waals surface area (Å²) in [6, 6.07) is 9.03. The van der Waals surface area contributed by atoms with Gasteiger partial charge in [-0.15, -0.1) is 0 Å². The van der Waals surface area contributed by atoms with Gasteiger partial charge in [0.25, 0.3) is 5.66 Å². The first-order valence-electron chi connectivity index (χ1n) is 11.5. The lowest BCUT2D eigenvalue weighted by Crippen LogP contribution is -2.51. The van der Waals surface area contributed by atoms with Crippen molar-refractivity contribution < 1.29 is 22.7 Å². The number of piperazine rings is 1. The van der Waals surface area contributed by atoms with E-state index in [0.717, 1.165) is 23.5 Å². The van der Waals surface area contributed by atoms with E-state index < -0.39 is 17.0 Å². The molecule has 1 saturated heterocycles. The third kappa shape index (κ3) is 5.90. The molecule has 2 amide bonds. The minimum Gasteiger partial charge on any atom is -0.492 e. The van der Waals surface area contributed by atoms with E-state index in [1.165, 1.54) is 15.3 Å². The van der Waals surface area contributed by atoms with Crippen LogP contribution in [0.3, 0.4) is 0 Å². The maximum atomic E-state index is 14.0. The number of aryl methyl sites for hydroxylation is 1. The monoisotopic (exact) mass is 520 g/mol. The predicted octanol–water partition coefficient (Wildman–Crippen LogP) is 4.07. The second-order valence-electron chi connectivity index (χ2n) is 8.39. The molecule has 192 valence electrons. The average Bonchev–Trinajstić information content (AvgIpc) is 3.28. The summed E-state index contributed by atoms with van der Waals surface area (Å²) in [5.74, 6) is 0.351. The number of carbonyl (C=O) groups is 1. The average molecular weight is 520 g/mol. The van der Waals surface area contributed by atoms with Crippen molar-refractivity contribution in [3.63, 3.8) is 0 Å². The highest BCUT2D eigenvalue weighted by Crippen LogP contribution is 2.36. The van der Waals surface area contributed by atoms with Crippen LogP contribution in [0.1, 0.15) is 23.9 Å². The standard InChI is InChI=1S/C24H28F3N6O2P/c1-3-35-22-13-18(5-7-21(22)33-15-29-16(2)30-33)31-8-10-32(11-9-31)23(34)28-14-17-4-6-19(20(25)12-17)24(26,27)36/h4-7,12-13,15H,3,8-11,14,36H2,1-2H3,(H,28,34). The maximum Gasteiger partial charge on any atom is 0.317 e. The van der Waals surface area contributed by atoms with E-state index in [9.17, 15) is 18.0 Å². The van der Waals surface area contributed by atoms with Crippen LogP contribution in [0.15, 0.2) is 42.7 Å². The molecule has 2 aromatic carbocycles. The molecule has 1 aromatic heterocycles. The second-order valence-corrected chi connectivity index (χ2v) is 9.12. The smallest absolute Gasteiger partial charge is 0.317 e. The van der Waals surface area contributed by atoms with E-state index in [2.05, 4.69) is 20.3 Å². The number of amides is 2. The number of halogens is 3. The molecule has 1 N–H and O–H groups in total. The lowest BCUT2D eigenvalue weighted by Gasteiger charge is -2.36. The fourth-order valence-electron chi connectivity index (χ4n) is 4.02. The number of urea groups is 1. The highest BCUT2D eigenvalue weighted by atomic mass is 31.0. The quantitative estimate of drug-likeness (QED) is 0.476. The summed E-state index contributed by atoms with van der Waals surface area (Å²) in [7, 11) is 1.32. The fourth-order valence-corrected chi connectivity index (χ4v) is 4.25. The molecular weight excluding hydrogens is 492 g/mol. The van der Waals surface area contributed by atoms with Crippen molar-refractivity contribution in [3.8, 4) is 11.4 Å². The van der Waals surface area contributed by atoms with Crippen LogP contribution in [0.25, 0.3) is 5.69 Å². The van der Waals surface area contributed by atoms with Crippen molar-refractivity contribution >= 4 is 21.0 Å². The molecule has 0 radical (unpaired) electrons. The fraction of sp³-hybridized carbons (Fsp3) is 0.375. The number of carbonyl (C=O) groups excluding carboxylic acids is 1. The summed E-state index contributed by atoms with van der Waals surface area (Å²) in [5.41, 5.74) is -1.87. The molecule has 1 fully saturated rings. The van der Waals surface area contributed by atoms with Gasteiger partial charge in [-0.05, 0) is 43.7 Å². The molecule has 1 aliphatic heterocycles. The van der Waals surface area contributed by atoms with Gasteiger partial charge < -0.3 is 19.9 Å². The zero-order chi connectivity index (χ0) is 25.9. The van der Waals surface area contributed by atoms with E-state index in [0.29, 0.717) is 49.9 Å². The van der Waals surface area contributed by atoms with Crippen LogP contribution in [-0.2, 0) is 12.2 Å². The molecule has 1 aliphatic rings. The zero-order valence-electron chi connectivity index (χ0n) is 20.0. The SMILES string of the molecule is CCOc1cc(N2CCN(C(=O)NCc3ccc(C(F)(F)P)c(F)c3)CC2)ccc1-n1cnc(C)n1. The Hall–Kier alpha value is -3.33. The van der Waals surface area contributed by atoms with Gasteiger partial charge in [-0.3, -0.25) is 0 Å². The number of alkyl halides is 2. The number of ether oxygens (including phenoxy) is 1. The van der Waals surface area contributed by atoms with Gasteiger partial charge in [0, 0.05) is 44.5 Å². The Morgan fingerprint density at radius 2 is 1.92 bits per heavy atom. The highest BCUT2D eigenvalue weighted by Gasteiger charge is 2.28. The highest BCUT2D eigenvalue weighted by molar-refractivity contribution is 7.17. The number of rotatable bonds is 7. The van der Waals surface area contributed by atoms with Gasteiger partial charge in [0.1, 0.15) is 29.4 Å². The number of nitrogens with zero attached hydrogens (tertiary/aromatic N) is 5. The van der Waals surface area contributed by atoms with Crippen LogP contribution in [0, 0.1) is 12.7 Å². The molecule has 8 nitrogen and oxygen atoms in total. The minimum absolute atomic E-state index is 0.0413. The summed E-state index contributed by atoms with van der Waals surface area (Å²) < 4.78 is 48.2. The molecular formula is C24H28F3N6O2P. The van der Waals surface area contributed by atoms with E-state index >= 15 is 0 Å². The molecule has 12 heteroatoms. The van der Waals surface area contributed by atoms with Crippen molar-refractivity contribution in [2.75, 3.05) is 37.7 Å². The zero-order valence-corrected chi connectivity index (χ0v) is 21.2. The number of anilines is 1.